The van der Waals surface area contributed by atoms with Crippen LogP contribution in [-0.2, 0) is 10.0 Å². The predicted octanol–water partition coefficient (Wildman–Crippen LogP) is 1.77. The summed E-state index contributed by atoms with van der Waals surface area (Å²) >= 11 is 0. The van der Waals surface area contributed by atoms with Crippen LogP contribution in [0.2, 0.25) is 0 Å². The second-order valence-electron chi connectivity index (χ2n) is 5.83. The van der Waals surface area contributed by atoms with Gasteiger partial charge in [0.1, 0.15) is 16.9 Å². The van der Waals surface area contributed by atoms with Crippen molar-refractivity contribution in [1.82, 2.24) is 19.9 Å². The number of nitrogens with one attached hydrogen (secondary N) is 2. The van der Waals surface area contributed by atoms with Crippen molar-refractivity contribution in [3.63, 3.8) is 0 Å². The van der Waals surface area contributed by atoms with Crippen LogP contribution in [0.3, 0.4) is 0 Å². The molecule has 2 N–H and O–H groups in total. The summed E-state index contributed by atoms with van der Waals surface area (Å²) in [6, 6.07) is 4.88. The molecule has 0 saturated heterocycles. The first-order valence-corrected chi connectivity index (χ1v) is 8.89. The molecule has 130 valence electrons. The van der Waals surface area contributed by atoms with Crippen LogP contribution in [0, 0.1) is 6.92 Å². The number of aromatic nitrogens is 3. The number of rotatable bonds is 4. The maximum Gasteiger partial charge on any atom is 0.264 e. The Labute approximate surface area is 145 Å². The van der Waals surface area contributed by atoms with E-state index in [1.807, 2.05) is 0 Å². The number of sulfonamides is 1. The summed E-state index contributed by atoms with van der Waals surface area (Å²) in [7, 11) is -0.584. The van der Waals surface area contributed by atoms with E-state index in [1.165, 1.54) is 29.7 Å². The Balaban J connectivity index is 2.00. The van der Waals surface area contributed by atoms with E-state index in [0.717, 1.165) is 5.56 Å². The third-order valence-electron chi connectivity index (χ3n) is 3.59. The molecule has 2 heterocycles. The normalized spacial score (nSPS) is 11.5. The molecule has 0 aliphatic carbocycles. The van der Waals surface area contributed by atoms with Gasteiger partial charge in [-0.1, -0.05) is 0 Å². The molecule has 8 nitrogen and oxygen atoms in total. The molecule has 3 rings (SSSR count). The minimum atomic E-state index is -3.86. The van der Waals surface area contributed by atoms with E-state index in [1.54, 1.807) is 33.2 Å². The lowest BCUT2D eigenvalue weighted by Crippen LogP contribution is -2.22. The zero-order chi connectivity index (χ0) is 18.2. The Morgan fingerprint density at radius 3 is 2.72 bits per heavy atom. The molecule has 0 bridgehead atoms. The van der Waals surface area contributed by atoms with E-state index in [4.69, 9.17) is 0 Å². The molecule has 0 unspecified atom stereocenters. The highest BCUT2D eigenvalue weighted by Gasteiger charge is 2.20. The summed E-state index contributed by atoms with van der Waals surface area (Å²) < 4.78 is 28.0. The average molecular weight is 359 g/mol. The second-order valence-corrected chi connectivity index (χ2v) is 7.48. The van der Waals surface area contributed by atoms with Gasteiger partial charge in [0.15, 0.2) is 0 Å². The largest absolute Gasteiger partial charge is 0.345 e. The summed E-state index contributed by atoms with van der Waals surface area (Å²) in [5.74, 6) is -0.204. The van der Waals surface area contributed by atoms with Crippen molar-refractivity contribution in [3.8, 4) is 0 Å². The Hall–Kier alpha value is -2.94. The molecule has 0 aliphatic heterocycles. The zero-order valence-corrected chi connectivity index (χ0v) is 14.8. The number of anilines is 1. The van der Waals surface area contributed by atoms with E-state index in [9.17, 15) is 13.2 Å². The van der Waals surface area contributed by atoms with Crippen molar-refractivity contribution in [2.24, 2.45) is 0 Å². The highest BCUT2D eigenvalue weighted by molar-refractivity contribution is 7.93. The first-order chi connectivity index (χ1) is 11.8. The molecule has 1 amide bonds. The van der Waals surface area contributed by atoms with Gasteiger partial charge in [-0.15, -0.1) is 0 Å². The lowest BCUT2D eigenvalue weighted by Gasteiger charge is -2.13. The van der Waals surface area contributed by atoms with Crippen LogP contribution < -0.4 is 4.72 Å². The predicted molar refractivity (Wildman–Crippen MR) is 93.9 cm³/mol. The number of aryl methyl sites for hydroxylation is 1. The first-order valence-electron chi connectivity index (χ1n) is 7.41. The summed E-state index contributed by atoms with van der Waals surface area (Å²) in [5, 5.41) is 0.396. The Bertz CT molecular complexity index is 1060. The van der Waals surface area contributed by atoms with Crippen molar-refractivity contribution >= 4 is 32.7 Å². The molecule has 0 aliphatic rings. The van der Waals surface area contributed by atoms with Crippen LogP contribution in [-0.4, -0.2) is 48.3 Å². The van der Waals surface area contributed by atoms with Crippen LogP contribution >= 0.6 is 0 Å². The van der Waals surface area contributed by atoms with Crippen molar-refractivity contribution in [2.45, 2.75) is 11.8 Å². The van der Waals surface area contributed by atoms with Crippen LogP contribution in [0.4, 0.5) is 5.69 Å². The van der Waals surface area contributed by atoms with E-state index < -0.39 is 10.0 Å². The monoisotopic (exact) mass is 359 g/mol. The highest BCUT2D eigenvalue weighted by atomic mass is 32.2. The lowest BCUT2D eigenvalue weighted by atomic mass is 10.1. The number of H-pyrrole nitrogens is 1. The van der Waals surface area contributed by atoms with E-state index in [0.29, 0.717) is 22.3 Å². The third kappa shape index (κ3) is 3.31. The summed E-state index contributed by atoms with van der Waals surface area (Å²) in [6.45, 7) is 1.80. The van der Waals surface area contributed by atoms with E-state index in [-0.39, 0.29) is 10.8 Å². The number of fused-ring (bicyclic) bond motifs is 1. The molecular formula is C16H17N5O3S. The minimum Gasteiger partial charge on any atom is -0.345 e. The van der Waals surface area contributed by atoms with Crippen molar-refractivity contribution < 1.29 is 13.2 Å². The SMILES string of the molecule is Cc1cc(NS(=O)(=O)c2c[nH]c3ncncc23)cc(C(=O)N(C)C)c1. The quantitative estimate of drug-likeness (QED) is 0.738. The topological polar surface area (TPSA) is 108 Å². The lowest BCUT2D eigenvalue weighted by molar-refractivity contribution is 0.0827. The van der Waals surface area contributed by atoms with Gasteiger partial charge in [0.05, 0.1) is 5.39 Å². The van der Waals surface area contributed by atoms with E-state index in [2.05, 4.69) is 19.7 Å². The van der Waals surface area contributed by atoms with Gasteiger partial charge in [-0.2, -0.15) is 0 Å². The summed E-state index contributed by atoms with van der Waals surface area (Å²) in [5.41, 5.74) is 1.93. The van der Waals surface area contributed by atoms with E-state index >= 15 is 0 Å². The molecule has 0 spiro atoms. The summed E-state index contributed by atoms with van der Waals surface area (Å²) in [4.78, 5) is 24.3. The molecule has 3 aromatic rings. The van der Waals surface area contributed by atoms with Gasteiger partial charge in [-0.3, -0.25) is 9.52 Å². The molecule has 9 heteroatoms. The molecular weight excluding hydrogens is 342 g/mol. The van der Waals surface area contributed by atoms with Gasteiger partial charge in [0.25, 0.3) is 15.9 Å². The number of carbonyl (C=O) groups excluding carboxylic acids is 1. The van der Waals surface area contributed by atoms with Gasteiger partial charge < -0.3 is 9.88 Å². The van der Waals surface area contributed by atoms with Gasteiger partial charge in [-0.25, -0.2) is 18.4 Å². The van der Waals surface area contributed by atoms with Crippen LogP contribution in [0.5, 0.6) is 0 Å². The zero-order valence-electron chi connectivity index (χ0n) is 13.9. The molecule has 0 atom stereocenters. The fourth-order valence-electron chi connectivity index (χ4n) is 2.49. The minimum absolute atomic E-state index is 0.0464. The fraction of sp³-hybridized carbons (Fsp3) is 0.188. The number of hydrogen-bond acceptors (Lipinski definition) is 5. The van der Waals surface area contributed by atoms with Gasteiger partial charge in [0, 0.05) is 37.7 Å². The number of nitrogens with zero attached hydrogens (tertiary/aromatic N) is 3. The summed E-state index contributed by atoms with van der Waals surface area (Å²) in [6.07, 6.45) is 4.14. The number of amides is 1. The Morgan fingerprint density at radius 1 is 1.24 bits per heavy atom. The Kier molecular flexibility index (Phi) is 4.17. The Morgan fingerprint density at radius 2 is 2.00 bits per heavy atom. The molecule has 0 radical (unpaired) electrons. The number of benzene rings is 1. The van der Waals surface area contributed by atoms with Gasteiger partial charge in [-0.05, 0) is 30.7 Å². The number of hydrogen-bond donors (Lipinski definition) is 2. The number of aromatic amines is 1. The molecule has 1 aromatic carbocycles. The van der Waals surface area contributed by atoms with Gasteiger partial charge in [0.2, 0.25) is 0 Å². The molecule has 0 saturated carbocycles. The van der Waals surface area contributed by atoms with Crippen molar-refractivity contribution in [3.05, 3.63) is 48.0 Å². The van der Waals surface area contributed by atoms with Crippen molar-refractivity contribution in [1.29, 1.82) is 0 Å². The van der Waals surface area contributed by atoms with Crippen molar-refractivity contribution in [2.75, 3.05) is 18.8 Å². The van der Waals surface area contributed by atoms with Crippen LogP contribution in [0.25, 0.3) is 11.0 Å². The first kappa shape index (κ1) is 16.9. The third-order valence-corrected chi connectivity index (χ3v) is 5.01. The maximum atomic E-state index is 12.7. The maximum absolute atomic E-state index is 12.7. The van der Waals surface area contributed by atoms with Crippen LogP contribution in [0.1, 0.15) is 15.9 Å². The standard InChI is InChI=1S/C16H17N5O3S/c1-10-4-11(16(22)21(2)3)6-12(5-10)20-25(23,24)14-8-18-15-13(14)7-17-9-19-15/h4-9,20H,1-3H3,(H,17,18,19). The smallest absolute Gasteiger partial charge is 0.264 e. The highest BCUT2D eigenvalue weighted by Crippen LogP contribution is 2.24. The molecule has 2 aromatic heterocycles. The second kappa shape index (κ2) is 6.17. The van der Waals surface area contributed by atoms with Crippen LogP contribution in [0.15, 0.2) is 41.8 Å². The fourth-order valence-corrected chi connectivity index (χ4v) is 3.68. The number of carbonyl (C=O) groups is 1. The van der Waals surface area contributed by atoms with Gasteiger partial charge >= 0.3 is 0 Å². The molecule has 25 heavy (non-hydrogen) atoms. The molecule has 0 fully saturated rings. The average Bonchev–Trinajstić information content (AvgIpc) is 2.98.